The Labute approximate surface area is 138 Å². The Hall–Kier alpha value is -1.14. The van der Waals surface area contributed by atoms with Gasteiger partial charge in [0.1, 0.15) is 6.04 Å². The van der Waals surface area contributed by atoms with E-state index in [1.807, 2.05) is 13.8 Å². The van der Waals surface area contributed by atoms with Gasteiger partial charge in [-0.05, 0) is 38.5 Å². The van der Waals surface area contributed by atoms with Crippen LogP contribution < -0.4 is 0 Å². The Bertz CT molecular complexity index is 427. The van der Waals surface area contributed by atoms with Crippen LogP contribution in [0.15, 0.2) is 0 Å². The summed E-state index contributed by atoms with van der Waals surface area (Å²) in [7, 11) is 0. The summed E-state index contributed by atoms with van der Waals surface area (Å²) >= 11 is 0. The Kier molecular flexibility index (Phi) is 6.41. The highest BCUT2D eigenvalue weighted by Gasteiger charge is 2.42. The normalized spacial score (nSPS) is 31.7. The summed E-state index contributed by atoms with van der Waals surface area (Å²) in [5, 5.41) is 10.6. The fraction of sp³-hybridized carbons (Fsp3) is 0.882. The minimum Gasteiger partial charge on any atom is -0.464 e. The Morgan fingerprint density at radius 1 is 1.30 bits per heavy atom. The second kappa shape index (κ2) is 8.11. The molecule has 0 saturated carbocycles. The first-order valence-corrected chi connectivity index (χ1v) is 8.80. The smallest absolute Gasteiger partial charge is 0.328 e. The standard InChI is InChI=1S/C17H29NO5/c1-3-10-22-16(20)14-8-4-5-9-18(14)15(19)12-17(21)13(2)7-6-11-23-17/h13-14,21H,3-12H2,1-2H3. The number of hydrogen-bond donors (Lipinski definition) is 1. The maximum atomic E-state index is 12.7. The highest BCUT2D eigenvalue weighted by atomic mass is 16.6. The Morgan fingerprint density at radius 3 is 2.78 bits per heavy atom. The van der Waals surface area contributed by atoms with E-state index in [0.29, 0.717) is 26.2 Å². The number of carbonyl (C=O) groups excluding carboxylic acids is 2. The van der Waals surface area contributed by atoms with E-state index in [4.69, 9.17) is 9.47 Å². The van der Waals surface area contributed by atoms with Crippen molar-refractivity contribution in [2.45, 2.75) is 70.6 Å². The van der Waals surface area contributed by atoms with Crippen LogP contribution in [-0.2, 0) is 19.1 Å². The van der Waals surface area contributed by atoms with E-state index in [9.17, 15) is 14.7 Å². The van der Waals surface area contributed by atoms with Crippen LogP contribution in [0.5, 0.6) is 0 Å². The molecule has 0 aromatic heterocycles. The quantitative estimate of drug-likeness (QED) is 0.780. The van der Waals surface area contributed by atoms with Crippen molar-refractivity contribution in [1.82, 2.24) is 4.90 Å². The summed E-state index contributed by atoms with van der Waals surface area (Å²) in [4.78, 5) is 26.5. The second-order valence-corrected chi connectivity index (χ2v) is 6.68. The minimum atomic E-state index is -1.41. The summed E-state index contributed by atoms with van der Waals surface area (Å²) in [6.07, 6.45) is 4.82. The third-order valence-electron chi connectivity index (χ3n) is 4.85. The molecule has 0 bridgehead atoms. The molecule has 1 amide bonds. The molecule has 23 heavy (non-hydrogen) atoms. The number of carbonyl (C=O) groups is 2. The van der Waals surface area contributed by atoms with Crippen LogP contribution >= 0.6 is 0 Å². The van der Waals surface area contributed by atoms with Crippen molar-refractivity contribution in [2.75, 3.05) is 19.8 Å². The monoisotopic (exact) mass is 327 g/mol. The van der Waals surface area contributed by atoms with Crippen LogP contribution in [0.25, 0.3) is 0 Å². The molecule has 6 nitrogen and oxygen atoms in total. The lowest BCUT2D eigenvalue weighted by Gasteiger charge is -2.40. The summed E-state index contributed by atoms with van der Waals surface area (Å²) in [5.41, 5.74) is 0. The van der Waals surface area contributed by atoms with E-state index >= 15 is 0 Å². The maximum Gasteiger partial charge on any atom is 0.328 e. The van der Waals surface area contributed by atoms with Gasteiger partial charge < -0.3 is 19.5 Å². The number of aliphatic hydroxyl groups is 1. The van der Waals surface area contributed by atoms with Gasteiger partial charge in [0.15, 0.2) is 5.79 Å². The van der Waals surface area contributed by atoms with Crippen molar-refractivity contribution in [2.24, 2.45) is 5.92 Å². The Balaban J connectivity index is 2.01. The van der Waals surface area contributed by atoms with Crippen molar-refractivity contribution < 1.29 is 24.2 Å². The summed E-state index contributed by atoms with van der Waals surface area (Å²) in [6.45, 7) is 5.22. The van der Waals surface area contributed by atoms with E-state index < -0.39 is 11.8 Å². The molecule has 2 aliphatic heterocycles. The van der Waals surface area contributed by atoms with Crippen molar-refractivity contribution >= 4 is 11.9 Å². The molecule has 2 aliphatic rings. The molecule has 132 valence electrons. The van der Waals surface area contributed by atoms with Gasteiger partial charge in [0.05, 0.1) is 19.6 Å². The summed E-state index contributed by atoms with van der Waals surface area (Å²) < 4.78 is 10.7. The molecule has 0 spiro atoms. The number of rotatable bonds is 5. The van der Waals surface area contributed by atoms with E-state index in [0.717, 1.165) is 32.1 Å². The first kappa shape index (κ1) is 18.2. The van der Waals surface area contributed by atoms with Gasteiger partial charge >= 0.3 is 5.97 Å². The van der Waals surface area contributed by atoms with Crippen LogP contribution in [0.2, 0.25) is 0 Å². The average molecular weight is 327 g/mol. The average Bonchev–Trinajstić information content (AvgIpc) is 2.55. The highest BCUT2D eigenvalue weighted by molar-refractivity contribution is 5.85. The van der Waals surface area contributed by atoms with Crippen molar-refractivity contribution in [1.29, 1.82) is 0 Å². The molecule has 0 aromatic carbocycles. The van der Waals surface area contributed by atoms with E-state index in [1.165, 1.54) is 0 Å². The molecule has 3 atom stereocenters. The minimum absolute atomic E-state index is 0.0875. The lowest BCUT2D eigenvalue weighted by atomic mass is 9.89. The molecule has 6 heteroatoms. The fourth-order valence-electron chi connectivity index (χ4n) is 3.32. The van der Waals surface area contributed by atoms with Gasteiger partial charge in [0, 0.05) is 12.5 Å². The molecule has 2 heterocycles. The lowest BCUT2D eigenvalue weighted by molar-refractivity contribution is -0.255. The van der Waals surface area contributed by atoms with Gasteiger partial charge in [-0.3, -0.25) is 4.79 Å². The number of amides is 1. The van der Waals surface area contributed by atoms with Gasteiger partial charge in [0.2, 0.25) is 5.91 Å². The molecule has 3 unspecified atom stereocenters. The van der Waals surface area contributed by atoms with Gasteiger partial charge in [-0.1, -0.05) is 13.8 Å². The molecule has 0 aromatic rings. The third-order valence-corrected chi connectivity index (χ3v) is 4.85. The zero-order valence-corrected chi connectivity index (χ0v) is 14.3. The van der Waals surface area contributed by atoms with Crippen LogP contribution in [0.4, 0.5) is 0 Å². The molecular formula is C17H29NO5. The van der Waals surface area contributed by atoms with Gasteiger partial charge in [-0.2, -0.15) is 0 Å². The van der Waals surface area contributed by atoms with E-state index in [-0.39, 0.29) is 24.2 Å². The van der Waals surface area contributed by atoms with Crippen LogP contribution in [0.1, 0.15) is 58.8 Å². The third kappa shape index (κ3) is 4.44. The zero-order chi connectivity index (χ0) is 16.9. The largest absolute Gasteiger partial charge is 0.464 e. The summed E-state index contributed by atoms with van der Waals surface area (Å²) in [6, 6.07) is -0.523. The molecule has 2 saturated heterocycles. The maximum absolute atomic E-state index is 12.7. The lowest BCUT2D eigenvalue weighted by Crippen LogP contribution is -2.53. The predicted molar refractivity (Wildman–Crippen MR) is 84.5 cm³/mol. The van der Waals surface area contributed by atoms with Gasteiger partial charge in [-0.25, -0.2) is 4.79 Å². The number of nitrogens with zero attached hydrogens (tertiary/aromatic N) is 1. The molecule has 2 rings (SSSR count). The zero-order valence-electron chi connectivity index (χ0n) is 14.3. The SMILES string of the molecule is CCCOC(=O)C1CCCCN1C(=O)CC1(O)OCCCC1C. The molecule has 1 N–H and O–H groups in total. The van der Waals surface area contributed by atoms with Gasteiger partial charge in [0.25, 0.3) is 0 Å². The molecule has 0 aliphatic carbocycles. The predicted octanol–water partition coefficient (Wildman–Crippen LogP) is 1.85. The first-order valence-electron chi connectivity index (χ1n) is 8.80. The topological polar surface area (TPSA) is 76.1 Å². The van der Waals surface area contributed by atoms with Crippen LogP contribution in [-0.4, -0.2) is 53.5 Å². The number of piperidine rings is 1. The van der Waals surface area contributed by atoms with Crippen LogP contribution in [0, 0.1) is 5.92 Å². The number of ether oxygens (including phenoxy) is 2. The van der Waals surface area contributed by atoms with Crippen molar-refractivity contribution in [3.63, 3.8) is 0 Å². The number of hydrogen-bond acceptors (Lipinski definition) is 5. The molecule has 0 radical (unpaired) electrons. The van der Waals surface area contributed by atoms with Crippen molar-refractivity contribution in [3.8, 4) is 0 Å². The van der Waals surface area contributed by atoms with E-state index in [1.54, 1.807) is 4.90 Å². The fourth-order valence-corrected chi connectivity index (χ4v) is 3.32. The van der Waals surface area contributed by atoms with Crippen LogP contribution in [0.3, 0.4) is 0 Å². The molecule has 2 fully saturated rings. The highest BCUT2D eigenvalue weighted by Crippen LogP contribution is 2.33. The summed E-state index contributed by atoms with van der Waals surface area (Å²) in [5.74, 6) is -2.05. The number of esters is 1. The van der Waals surface area contributed by atoms with Crippen molar-refractivity contribution in [3.05, 3.63) is 0 Å². The first-order chi connectivity index (χ1) is 11.0. The number of likely N-dealkylation sites (tertiary alicyclic amines) is 1. The van der Waals surface area contributed by atoms with E-state index in [2.05, 4.69) is 0 Å². The van der Waals surface area contributed by atoms with Gasteiger partial charge in [-0.15, -0.1) is 0 Å². The Morgan fingerprint density at radius 2 is 2.09 bits per heavy atom. The second-order valence-electron chi connectivity index (χ2n) is 6.68. The molecular weight excluding hydrogens is 298 g/mol.